The highest BCUT2D eigenvalue weighted by atomic mass is 32.2. The Kier molecular flexibility index (Phi) is 5.99. The predicted octanol–water partition coefficient (Wildman–Crippen LogP) is 1.91. The average molecular weight is 420 g/mol. The number of nitro benzene ring substituents is 1. The summed E-state index contributed by atoms with van der Waals surface area (Å²) in [5.41, 5.74) is 2.30. The third kappa shape index (κ3) is 4.81. The van der Waals surface area contributed by atoms with Crippen molar-refractivity contribution in [3.05, 3.63) is 58.1 Å². The number of benzene rings is 2. The van der Waals surface area contributed by atoms with Gasteiger partial charge in [0, 0.05) is 24.7 Å². The van der Waals surface area contributed by atoms with E-state index in [9.17, 15) is 28.4 Å². The van der Waals surface area contributed by atoms with Gasteiger partial charge in [0.15, 0.2) is 0 Å². The molecule has 10 nitrogen and oxygen atoms in total. The summed E-state index contributed by atoms with van der Waals surface area (Å²) in [6.07, 6.45) is 2.76. The average Bonchev–Trinajstić information content (AvgIpc) is 2.72. The number of phenolic OH excluding ortho intramolecular Hbond substituents is 1. The lowest BCUT2D eigenvalue weighted by atomic mass is 10.1. The first kappa shape index (κ1) is 20.6. The van der Waals surface area contributed by atoms with Crippen LogP contribution in [0.3, 0.4) is 0 Å². The number of sulfonamides is 1. The third-order valence-corrected chi connectivity index (χ3v) is 5.82. The van der Waals surface area contributed by atoms with Crippen LogP contribution in [0.5, 0.6) is 5.75 Å². The number of carbonyl (C=O) groups excluding carboxylic acids is 1. The Bertz CT molecular complexity index is 1020. The summed E-state index contributed by atoms with van der Waals surface area (Å²) < 4.78 is 25.2. The van der Waals surface area contributed by atoms with Gasteiger partial charge >= 0.3 is 0 Å². The Balaban J connectivity index is 1.81. The lowest BCUT2D eigenvalue weighted by Crippen LogP contribution is -2.41. The zero-order valence-electron chi connectivity index (χ0n) is 15.4. The zero-order chi connectivity index (χ0) is 21.0. The number of hydrazine groups is 1. The van der Waals surface area contributed by atoms with Crippen LogP contribution >= 0.6 is 0 Å². The molecule has 0 bridgehead atoms. The molecule has 0 radical (unpaired) electrons. The molecule has 29 heavy (non-hydrogen) atoms. The van der Waals surface area contributed by atoms with Crippen LogP contribution in [0.1, 0.15) is 29.6 Å². The number of anilines is 1. The van der Waals surface area contributed by atoms with E-state index in [1.807, 2.05) is 4.83 Å². The minimum atomic E-state index is -4.16. The van der Waals surface area contributed by atoms with E-state index in [1.165, 1.54) is 30.3 Å². The fourth-order valence-electron chi connectivity index (χ4n) is 3.07. The van der Waals surface area contributed by atoms with Crippen molar-refractivity contribution in [1.29, 1.82) is 0 Å². The molecule has 0 aromatic heterocycles. The molecule has 1 heterocycles. The van der Waals surface area contributed by atoms with Crippen LogP contribution < -0.4 is 15.2 Å². The summed E-state index contributed by atoms with van der Waals surface area (Å²) in [5.74, 6) is -0.745. The summed E-state index contributed by atoms with van der Waals surface area (Å²) in [5, 5.41) is 20.6. The summed E-state index contributed by atoms with van der Waals surface area (Å²) in [4.78, 5) is 26.5. The molecule has 0 atom stereocenters. The first-order valence-electron chi connectivity index (χ1n) is 8.92. The van der Waals surface area contributed by atoms with E-state index in [0.29, 0.717) is 13.1 Å². The molecule has 0 unspecified atom stereocenters. The maximum absolute atomic E-state index is 12.6. The number of nitrogens with zero attached hydrogens (tertiary/aromatic N) is 2. The number of rotatable bonds is 6. The molecule has 1 aliphatic heterocycles. The first-order chi connectivity index (χ1) is 13.8. The molecular formula is C18H20N4O6S. The van der Waals surface area contributed by atoms with E-state index < -0.39 is 20.9 Å². The predicted molar refractivity (Wildman–Crippen MR) is 105 cm³/mol. The van der Waals surface area contributed by atoms with E-state index in [2.05, 4.69) is 5.43 Å². The number of hydrogen-bond donors (Lipinski definition) is 3. The van der Waals surface area contributed by atoms with Crippen LogP contribution in [-0.4, -0.2) is 37.4 Å². The van der Waals surface area contributed by atoms with Gasteiger partial charge in [0.2, 0.25) is 0 Å². The quantitative estimate of drug-likeness (QED) is 0.479. The fraction of sp³-hybridized carbons (Fsp3) is 0.278. The van der Waals surface area contributed by atoms with Gasteiger partial charge in [-0.3, -0.25) is 20.3 Å². The SMILES string of the molecule is O=C(NNS(=O)(=O)c1ccc([N+](=O)[O-])c(N2CCCCC2)c1)c1ccc(O)cc1. The number of carbonyl (C=O) groups is 1. The Hall–Kier alpha value is -3.18. The summed E-state index contributed by atoms with van der Waals surface area (Å²) in [6, 6.07) is 8.79. The van der Waals surface area contributed by atoms with E-state index >= 15 is 0 Å². The van der Waals surface area contributed by atoms with Crippen LogP contribution in [0.4, 0.5) is 11.4 Å². The lowest BCUT2D eigenvalue weighted by molar-refractivity contribution is -0.384. The zero-order valence-corrected chi connectivity index (χ0v) is 16.2. The second-order valence-electron chi connectivity index (χ2n) is 6.56. The largest absolute Gasteiger partial charge is 0.508 e. The van der Waals surface area contributed by atoms with Crippen molar-refractivity contribution >= 4 is 27.3 Å². The minimum absolute atomic E-state index is 0.0294. The molecule has 1 fully saturated rings. The lowest BCUT2D eigenvalue weighted by Gasteiger charge is -2.28. The molecule has 0 aliphatic carbocycles. The molecule has 0 saturated carbocycles. The molecule has 3 N–H and O–H groups in total. The maximum atomic E-state index is 12.6. The molecule has 1 saturated heterocycles. The highest BCUT2D eigenvalue weighted by Crippen LogP contribution is 2.32. The minimum Gasteiger partial charge on any atom is -0.508 e. The smallest absolute Gasteiger partial charge is 0.292 e. The van der Waals surface area contributed by atoms with Gasteiger partial charge in [0.05, 0.1) is 9.82 Å². The molecule has 1 aliphatic rings. The van der Waals surface area contributed by atoms with Gasteiger partial charge in [-0.15, -0.1) is 4.83 Å². The number of piperidine rings is 1. The summed E-state index contributed by atoms with van der Waals surface area (Å²) in [6.45, 7) is 1.21. The van der Waals surface area contributed by atoms with Crippen molar-refractivity contribution in [2.24, 2.45) is 0 Å². The van der Waals surface area contributed by atoms with Gasteiger partial charge in [0.25, 0.3) is 21.6 Å². The molecule has 2 aromatic carbocycles. The van der Waals surface area contributed by atoms with E-state index in [1.54, 1.807) is 4.90 Å². The second kappa shape index (κ2) is 8.45. The summed E-state index contributed by atoms with van der Waals surface area (Å²) in [7, 11) is -4.16. The van der Waals surface area contributed by atoms with Crippen LogP contribution in [-0.2, 0) is 10.0 Å². The fourth-order valence-corrected chi connectivity index (χ4v) is 3.93. The normalized spacial score (nSPS) is 14.4. The monoisotopic (exact) mass is 420 g/mol. The van der Waals surface area contributed by atoms with E-state index in [0.717, 1.165) is 31.4 Å². The van der Waals surface area contributed by atoms with Gasteiger partial charge in [-0.2, -0.15) is 0 Å². The van der Waals surface area contributed by atoms with Crippen LogP contribution in [0, 0.1) is 10.1 Å². The van der Waals surface area contributed by atoms with Crippen molar-refractivity contribution in [3.8, 4) is 5.75 Å². The standard InChI is InChI=1S/C18H20N4O6S/c23-14-6-4-13(5-7-14)18(24)19-20-29(27,28)15-8-9-16(22(25)26)17(12-15)21-10-2-1-3-11-21/h4-9,12,20,23H,1-3,10-11H2,(H,19,24). The topological polar surface area (TPSA) is 142 Å². The molecule has 154 valence electrons. The van der Waals surface area contributed by atoms with Crippen LogP contribution in [0.15, 0.2) is 47.4 Å². The maximum Gasteiger partial charge on any atom is 0.292 e. The van der Waals surface area contributed by atoms with Crippen LogP contribution in [0.2, 0.25) is 0 Å². The van der Waals surface area contributed by atoms with Crippen molar-refractivity contribution < 1.29 is 23.2 Å². The number of nitrogens with one attached hydrogen (secondary N) is 2. The Morgan fingerprint density at radius 3 is 2.34 bits per heavy atom. The van der Waals surface area contributed by atoms with Gasteiger partial charge < -0.3 is 10.0 Å². The number of nitro groups is 1. The highest BCUT2D eigenvalue weighted by molar-refractivity contribution is 7.89. The second-order valence-corrected chi connectivity index (χ2v) is 8.24. The van der Waals surface area contributed by atoms with Crippen molar-refractivity contribution in [2.75, 3.05) is 18.0 Å². The number of phenols is 1. The molecule has 3 rings (SSSR count). The Morgan fingerprint density at radius 2 is 1.72 bits per heavy atom. The Labute approximate surface area is 167 Å². The number of hydrogen-bond acceptors (Lipinski definition) is 7. The van der Waals surface area contributed by atoms with Gasteiger partial charge in [0.1, 0.15) is 11.4 Å². The summed E-state index contributed by atoms with van der Waals surface area (Å²) >= 11 is 0. The van der Waals surface area contributed by atoms with Gasteiger partial charge in [-0.25, -0.2) is 8.42 Å². The number of aromatic hydroxyl groups is 1. The molecule has 2 aromatic rings. The third-order valence-electron chi connectivity index (χ3n) is 4.58. The molecular weight excluding hydrogens is 400 g/mol. The van der Waals surface area contributed by atoms with Crippen molar-refractivity contribution in [3.63, 3.8) is 0 Å². The van der Waals surface area contributed by atoms with E-state index in [4.69, 9.17) is 0 Å². The highest BCUT2D eigenvalue weighted by Gasteiger charge is 2.25. The number of amides is 1. The van der Waals surface area contributed by atoms with E-state index in [-0.39, 0.29) is 27.6 Å². The van der Waals surface area contributed by atoms with Gasteiger partial charge in [-0.1, -0.05) is 0 Å². The molecule has 1 amide bonds. The van der Waals surface area contributed by atoms with Gasteiger partial charge in [-0.05, 0) is 55.7 Å². The first-order valence-corrected chi connectivity index (χ1v) is 10.4. The van der Waals surface area contributed by atoms with Crippen molar-refractivity contribution in [1.82, 2.24) is 10.3 Å². The molecule has 11 heteroatoms. The Morgan fingerprint density at radius 1 is 1.07 bits per heavy atom. The van der Waals surface area contributed by atoms with Crippen molar-refractivity contribution in [2.45, 2.75) is 24.2 Å². The molecule has 0 spiro atoms. The van der Waals surface area contributed by atoms with Crippen LogP contribution in [0.25, 0.3) is 0 Å².